The van der Waals surface area contributed by atoms with Crippen molar-refractivity contribution in [2.75, 3.05) is 20.6 Å². The van der Waals surface area contributed by atoms with Crippen LogP contribution < -0.4 is 0 Å². The van der Waals surface area contributed by atoms with E-state index in [1.54, 1.807) is 0 Å². The fourth-order valence-corrected chi connectivity index (χ4v) is 0.856. The topological polar surface area (TPSA) is 0 Å². The van der Waals surface area contributed by atoms with Crippen molar-refractivity contribution >= 4 is 0 Å². The number of hydrogen-bond acceptors (Lipinski definition) is 0. The molecule has 0 bridgehead atoms. The highest BCUT2D eigenvalue weighted by atomic mass is 15.4. The molecule has 10 heavy (non-hydrogen) atoms. The molecule has 0 aliphatic carbocycles. The van der Waals surface area contributed by atoms with Gasteiger partial charge in [-0.05, 0) is 27.2 Å². The van der Waals surface area contributed by atoms with Gasteiger partial charge in [-0.3, -0.25) is 0 Å². The van der Waals surface area contributed by atoms with Crippen LogP contribution in [0.2, 0.25) is 0 Å². The van der Waals surface area contributed by atoms with E-state index in [0.717, 1.165) is 4.48 Å². The Morgan fingerprint density at radius 1 is 1.10 bits per heavy atom. The molecule has 0 N–H and O–H groups in total. The molecule has 0 aromatic heterocycles. The molecule has 0 saturated heterocycles. The van der Waals surface area contributed by atoms with Gasteiger partial charge in [-0.15, -0.1) is 0 Å². The molecule has 0 fully saturated rings. The fourth-order valence-electron chi connectivity index (χ4n) is 0.856. The Kier molecular flexibility index (Phi) is 2.90. The highest BCUT2D eigenvalue weighted by Gasteiger charge is 2.32. The van der Waals surface area contributed by atoms with Crippen LogP contribution in [0.15, 0.2) is 0 Å². The monoisotopic (exact) mass is 144 g/mol. The SMILES string of the molecule is CCC(C)(C)[N+](C)(C)CC. The van der Waals surface area contributed by atoms with E-state index < -0.39 is 0 Å². The van der Waals surface area contributed by atoms with E-state index >= 15 is 0 Å². The summed E-state index contributed by atoms with van der Waals surface area (Å²) >= 11 is 0. The average Bonchev–Trinajstić information content (AvgIpc) is 1.88. The lowest BCUT2D eigenvalue weighted by Gasteiger charge is -2.43. The van der Waals surface area contributed by atoms with Gasteiger partial charge in [0.15, 0.2) is 0 Å². The maximum absolute atomic E-state index is 2.33. The molecule has 1 heteroatoms. The van der Waals surface area contributed by atoms with Crippen molar-refractivity contribution in [2.45, 2.75) is 39.7 Å². The smallest absolute Gasteiger partial charge is 0.0928 e. The van der Waals surface area contributed by atoms with Crippen molar-refractivity contribution in [3.63, 3.8) is 0 Å². The normalized spacial score (nSPS) is 13.8. The van der Waals surface area contributed by atoms with Gasteiger partial charge in [0.05, 0.1) is 26.2 Å². The summed E-state index contributed by atoms with van der Waals surface area (Å²) in [7, 11) is 4.59. The second-order valence-electron chi connectivity index (χ2n) is 4.17. The number of quaternary nitrogens is 1. The zero-order valence-electron chi connectivity index (χ0n) is 8.36. The minimum absolute atomic E-state index is 0.425. The van der Waals surface area contributed by atoms with Gasteiger partial charge in [-0.25, -0.2) is 0 Å². The van der Waals surface area contributed by atoms with E-state index in [0.29, 0.717) is 5.54 Å². The Morgan fingerprint density at radius 2 is 1.50 bits per heavy atom. The van der Waals surface area contributed by atoms with Gasteiger partial charge in [0.25, 0.3) is 0 Å². The predicted octanol–water partition coefficient (Wildman–Crippen LogP) is 2.27. The molecule has 0 atom stereocenters. The minimum atomic E-state index is 0.425. The van der Waals surface area contributed by atoms with Crippen molar-refractivity contribution < 1.29 is 4.48 Å². The lowest BCUT2D eigenvalue weighted by atomic mass is 9.97. The van der Waals surface area contributed by atoms with E-state index in [1.165, 1.54) is 13.0 Å². The van der Waals surface area contributed by atoms with Gasteiger partial charge in [-0.2, -0.15) is 0 Å². The van der Waals surface area contributed by atoms with Gasteiger partial charge in [0, 0.05) is 0 Å². The lowest BCUT2D eigenvalue weighted by Crippen LogP contribution is -2.55. The molecular weight excluding hydrogens is 122 g/mol. The van der Waals surface area contributed by atoms with Crippen LogP contribution in [0, 0.1) is 0 Å². The second kappa shape index (κ2) is 2.91. The quantitative estimate of drug-likeness (QED) is 0.533. The summed E-state index contributed by atoms with van der Waals surface area (Å²) in [6.07, 6.45) is 1.24. The van der Waals surface area contributed by atoms with Gasteiger partial charge in [-0.1, -0.05) is 6.92 Å². The molecule has 62 valence electrons. The molecule has 0 rings (SSSR count). The first-order valence-electron chi connectivity index (χ1n) is 4.20. The van der Waals surface area contributed by atoms with Crippen LogP contribution in [0.4, 0.5) is 0 Å². The Balaban J connectivity index is 4.28. The summed E-state index contributed by atoms with van der Waals surface area (Å²) < 4.78 is 1.11. The van der Waals surface area contributed by atoms with Gasteiger partial charge in [0.2, 0.25) is 0 Å². The number of nitrogens with zero attached hydrogens (tertiary/aromatic N) is 1. The summed E-state index contributed by atoms with van der Waals surface area (Å²) in [5.41, 5.74) is 0.425. The highest BCUT2D eigenvalue weighted by molar-refractivity contribution is 4.65. The molecule has 0 aliphatic heterocycles. The van der Waals surface area contributed by atoms with E-state index in [4.69, 9.17) is 0 Å². The Morgan fingerprint density at radius 3 is 1.60 bits per heavy atom. The first-order chi connectivity index (χ1) is 4.37. The third-order valence-corrected chi connectivity index (χ3v) is 3.29. The molecule has 0 spiro atoms. The predicted molar refractivity (Wildman–Crippen MR) is 47.0 cm³/mol. The standard InChI is InChI=1S/C9H22N/c1-7-9(3,4)10(5,6)8-2/h7-8H2,1-6H3/q+1. The average molecular weight is 144 g/mol. The third-order valence-electron chi connectivity index (χ3n) is 3.29. The zero-order chi connectivity index (χ0) is 8.41. The van der Waals surface area contributed by atoms with Crippen LogP contribution in [0.5, 0.6) is 0 Å². The maximum atomic E-state index is 2.33. The van der Waals surface area contributed by atoms with Crippen molar-refractivity contribution in [1.29, 1.82) is 0 Å². The number of hydrogen-bond donors (Lipinski definition) is 0. The Bertz CT molecular complexity index is 89.3. The molecule has 0 saturated carbocycles. The largest absolute Gasteiger partial charge is 0.324 e. The van der Waals surface area contributed by atoms with E-state index in [2.05, 4.69) is 41.8 Å². The van der Waals surface area contributed by atoms with Crippen molar-refractivity contribution in [3.8, 4) is 0 Å². The highest BCUT2D eigenvalue weighted by Crippen LogP contribution is 2.22. The summed E-state index contributed by atoms with van der Waals surface area (Å²) in [5, 5.41) is 0. The van der Waals surface area contributed by atoms with Crippen LogP contribution >= 0.6 is 0 Å². The number of rotatable bonds is 3. The first-order valence-corrected chi connectivity index (χ1v) is 4.20. The van der Waals surface area contributed by atoms with E-state index in [9.17, 15) is 0 Å². The molecule has 0 unspecified atom stereocenters. The van der Waals surface area contributed by atoms with Crippen LogP contribution in [0.25, 0.3) is 0 Å². The molecule has 1 nitrogen and oxygen atoms in total. The molecule has 0 aromatic rings. The molecule has 0 radical (unpaired) electrons. The van der Waals surface area contributed by atoms with Crippen molar-refractivity contribution in [1.82, 2.24) is 0 Å². The van der Waals surface area contributed by atoms with Crippen molar-refractivity contribution in [2.24, 2.45) is 0 Å². The maximum Gasteiger partial charge on any atom is 0.0928 e. The zero-order valence-corrected chi connectivity index (χ0v) is 8.36. The molecular formula is C9H22N+. The molecule has 0 aliphatic rings. The van der Waals surface area contributed by atoms with Gasteiger partial charge in [0.1, 0.15) is 0 Å². The Hall–Kier alpha value is -0.0400. The fraction of sp³-hybridized carbons (Fsp3) is 1.00. The second-order valence-corrected chi connectivity index (χ2v) is 4.17. The lowest BCUT2D eigenvalue weighted by molar-refractivity contribution is -0.936. The molecule has 0 aromatic carbocycles. The molecule has 0 amide bonds. The minimum Gasteiger partial charge on any atom is -0.324 e. The van der Waals surface area contributed by atoms with Gasteiger partial charge < -0.3 is 4.48 Å². The van der Waals surface area contributed by atoms with Crippen molar-refractivity contribution in [3.05, 3.63) is 0 Å². The third kappa shape index (κ3) is 1.72. The van der Waals surface area contributed by atoms with Gasteiger partial charge >= 0.3 is 0 Å². The van der Waals surface area contributed by atoms with Crippen LogP contribution in [-0.4, -0.2) is 30.7 Å². The van der Waals surface area contributed by atoms with Crippen LogP contribution in [0.3, 0.4) is 0 Å². The summed E-state index contributed by atoms with van der Waals surface area (Å²) in [4.78, 5) is 0. The summed E-state index contributed by atoms with van der Waals surface area (Å²) in [6.45, 7) is 10.4. The van der Waals surface area contributed by atoms with Crippen LogP contribution in [-0.2, 0) is 0 Å². The van der Waals surface area contributed by atoms with Crippen LogP contribution in [0.1, 0.15) is 34.1 Å². The Labute approximate surface area is 65.6 Å². The van der Waals surface area contributed by atoms with E-state index in [1.807, 2.05) is 0 Å². The first kappa shape index (κ1) is 9.96. The summed E-state index contributed by atoms with van der Waals surface area (Å²) in [6, 6.07) is 0. The summed E-state index contributed by atoms with van der Waals surface area (Å²) in [5.74, 6) is 0. The van der Waals surface area contributed by atoms with E-state index in [-0.39, 0.29) is 0 Å². The molecule has 0 heterocycles.